The van der Waals surface area contributed by atoms with Crippen LogP contribution in [0.2, 0.25) is 0 Å². The molecular weight excluding hydrogens is 220 g/mol. The molecule has 3 unspecified atom stereocenters. The number of likely N-dealkylation sites (tertiary alicyclic amines) is 1. The highest BCUT2D eigenvalue weighted by atomic mass is 15.2. The molecule has 0 aromatic heterocycles. The van der Waals surface area contributed by atoms with Crippen LogP contribution < -0.4 is 5.73 Å². The average molecular weight is 244 g/mol. The summed E-state index contributed by atoms with van der Waals surface area (Å²) in [7, 11) is 0. The lowest BCUT2D eigenvalue weighted by molar-refractivity contribution is 0.0855. The highest BCUT2D eigenvalue weighted by molar-refractivity contribution is 5.32. The van der Waals surface area contributed by atoms with Crippen LogP contribution in [0.15, 0.2) is 24.3 Å². The second kappa shape index (κ2) is 5.02. The van der Waals surface area contributed by atoms with E-state index in [2.05, 4.69) is 36.1 Å². The molecule has 1 saturated heterocycles. The molecule has 2 N–H and O–H groups in total. The quantitative estimate of drug-likeness (QED) is 0.823. The maximum absolute atomic E-state index is 6.08. The topological polar surface area (TPSA) is 29.3 Å². The fourth-order valence-electron chi connectivity index (χ4n) is 3.76. The SMILES string of the molecule is CC1CC(N)CCN1C1CCCc2ccccc21. The number of hydrogen-bond donors (Lipinski definition) is 1. The third-order valence-electron chi connectivity index (χ3n) is 4.71. The van der Waals surface area contributed by atoms with E-state index in [0.29, 0.717) is 18.1 Å². The summed E-state index contributed by atoms with van der Waals surface area (Å²) >= 11 is 0. The summed E-state index contributed by atoms with van der Waals surface area (Å²) in [5, 5.41) is 0. The van der Waals surface area contributed by atoms with Crippen molar-refractivity contribution in [3.63, 3.8) is 0 Å². The van der Waals surface area contributed by atoms with Crippen molar-refractivity contribution < 1.29 is 0 Å². The number of nitrogens with two attached hydrogens (primary N) is 1. The Morgan fingerprint density at radius 1 is 1.22 bits per heavy atom. The lowest BCUT2D eigenvalue weighted by atomic mass is 9.84. The van der Waals surface area contributed by atoms with E-state index in [-0.39, 0.29) is 0 Å². The van der Waals surface area contributed by atoms with Crippen molar-refractivity contribution >= 4 is 0 Å². The van der Waals surface area contributed by atoms with Crippen molar-refractivity contribution in [2.75, 3.05) is 6.54 Å². The molecular formula is C16H24N2. The van der Waals surface area contributed by atoms with Crippen molar-refractivity contribution in [2.45, 2.75) is 57.2 Å². The van der Waals surface area contributed by atoms with Crippen LogP contribution in [0.3, 0.4) is 0 Å². The second-order valence-electron chi connectivity index (χ2n) is 5.98. The van der Waals surface area contributed by atoms with Crippen LogP contribution in [0, 0.1) is 0 Å². The van der Waals surface area contributed by atoms with Crippen LogP contribution in [0.4, 0.5) is 0 Å². The Bertz CT molecular complexity index is 415. The second-order valence-corrected chi connectivity index (χ2v) is 5.98. The zero-order valence-corrected chi connectivity index (χ0v) is 11.3. The first-order valence-electron chi connectivity index (χ1n) is 7.35. The molecule has 0 spiro atoms. The number of benzene rings is 1. The van der Waals surface area contributed by atoms with Gasteiger partial charge < -0.3 is 5.73 Å². The number of rotatable bonds is 1. The highest BCUT2D eigenvalue weighted by Gasteiger charge is 2.32. The third kappa shape index (κ3) is 2.19. The minimum atomic E-state index is 0.412. The van der Waals surface area contributed by atoms with Crippen LogP contribution in [-0.4, -0.2) is 23.5 Å². The van der Waals surface area contributed by atoms with E-state index in [0.717, 1.165) is 12.8 Å². The molecule has 18 heavy (non-hydrogen) atoms. The number of fused-ring (bicyclic) bond motifs is 1. The van der Waals surface area contributed by atoms with Gasteiger partial charge in [-0.05, 0) is 50.2 Å². The Morgan fingerprint density at radius 3 is 2.89 bits per heavy atom. The number of nitrogens with zero attached hydrogens (tertiary/aromatic N) is 1. The van der Waals surface area contributed by atoms with Gasteiger partial charge in [0.2, 0.25) is 0 Å². The lowest BCUT2D eigenvalue weighted by Gasteiger charge is -2.43. The molecule has 0 saturated carbocycles. The molecule has 3 atom stereocenters. The molecule has 2 aliphatic rings. The van der Waals surface area contributed by atoms with Gasteiger partial charge in [-0.15, -0.1) is 0 Å². The summed E-state index contributed by atoms with van der Waals surface area (Å²) in [6.07, 6.45) is 6.21. The Balaban J connectivity index is 1.85. The van der Waals surface area contributed by atoms with Gasteiger partial charge in [-0.2, -0.15) is 0 Å². The van der Waals surface area contributed by atoms with Gasteiger partial charge in [-0.1, -0.05) is 24.3 Å². The third-order valence-corrected chi connectivity index (χ3v) is 4.71. The van der Waals surface area contributed by atoms with Crippen LogP contribution in [-0.2, 0) is 6.42 Å². The van der Waals surface area contributed by atoms with E-state index in [1.54, 1.807) is 11.1 Å². The monoisotopic (exact) mass is 244 g/mol. The van der Waals surface area contributed by atoms with Gasteiger partial charge in [0.25, 0.3) is 0 Å². The Hall–Kier alpha value is -0.860. The van der Waals surface area contributed by atoms with Crippen molar-refractivity contribution in [3.05, 3.63) is 35.4 Å². The number of piperidine rings is 1. The largest absolute Gasteiger partial charge is 0.328 e. The molecule has 1 heterocycles. The molecule has 3 rings (SSSR count). The van der Waals surface area contributed by atoms with Gasteiger partial charge in [0.1, 0.15) is 0 Å². The predicted octanol–water partition coefficient (Wildman–Crippen LogP) is 2.88. The summed E-state index contributed by atoms with van der Waals surface area (Å²) in [6, 6.07) is 10.7. The van der Waals surface area contributed by atoms with Gasteiger partial charge >= 0.3 is 0 Å². The molecule has 1 aliphatic carbocycles. The fourth-order valence-corrected chi connectivity index (χ4v) is 3.76. The van der Waals surface area contributed by atoms with Gasteiger partial charge in [-0.25, -0.2) is 0 Å². The summed E-state index contributed by atoms with van der Waals surface area (Å²) < 4.78 is 0. The maximum Gasteiger partial charge on any atom is 0.0353 e. The number of aryl methyl sites for hydroxylation is 1. The van der Waals surface area contributed by atoms with Crippen molar-refractivity contribution in [3.8, 4) is 0 Å². The van der Waals surface area contributed by atoms with Crippen molar-refractivity contribution in [1.82, 2.24) is 4.90 Å². The molecule has 1 aromatic carbocycles. The van der Waals surface area contributed by atoms with E-state index >= 15 is 0 Å². The lowest BCUT2D eigenvalue weighted by Crippen LogP contribution is -2.47. The summed E-state index contributed by atoms with van der Waals surface area (Å²) in [6.45, 7) is 3.51. The van der Waals surface area contributed by atoms with Crippen LogP contribution in [0.25, 0.3) is 0 Å². The molecule has 98 valence electrons. The van der Waals surface area contributed by atoms with Crippen LogP contribution >= 0.6 is 0 Å². The van der Waals surface area contributed by atoms with Crippen LogP contribution in [0.1, 0.15) is 49.8 Å². The smallest absolute Gasteiger partial charge is 0.0353 e. The summed E-state index contributed by atoms with van der Waals surface area (Å²) in [5.41, 5.74) is 9.23. The minimum absolute atomic E-state index is 0.412. The molecule has 0 radical (unpaired) electrons. The van der Waals surface area contributed by atoms with Gasteiger partial charge in [-0.3, -0.25) is 4.90 Å². The first kappa shape index (κ1) is 12.2. The predicted molar refractivity (Wildman–Crippen MR) is 75.5 cm³/mol. The zero-order valence-electron chi connectivity index (χ0n) is 11.3. The van der Waals surface area contributed by atoms with E-state index in [4.69, 9.17) is 5.73 Å². The minimum Gasteiger partial charge on any atom is -0.328 e. The van der Waals surface area contributed by atoms with Crippen molar-refractivity contribution in [2.24, 2.45) is 5.73 Å². The van der Waals surface area contributed by atoms with E-state index in [1.165, 1.54) is 25.8 Å². The molecule has 2 heteroatoms. The average Bonchev–Trinajstić information content (AvgIpc) is 2.38. The molecule has 1 aliphatic heterocycles. The number of hydrogen-bond acceptors (Lipinski definition) is 2. The summed E-state index contributed by atoms with van der Waals surface area (Å²) in [4.78, 5) is 2.70. The molecule has 1 aromatic rings. The Labute approximate surface area is 110 Å². The Kier molecular flexibility index (Phi) is 3.40. The Morgan fingerprint density at radius 2 is 2.06 bits per heavy atom. The van der Waals surface area contributed by atoms with Crippen LogP contribution in [0.5, 0.6) is 0 Å². The van der Waals surface area contributed by atoms with E-state index in [9.17, 15) is 0 Å². The molecule has 1 fully saturated rings. The van der Waals surface area contributed by atoms with Gasteiger partial charge in [0.05, 0.1) is 0 Å². The fraction of sp³-hybridized carbons (Fsp3) is 0.625. The van der Waals surface area contributed by atoms with E-state index < -0.39 is 0 Å². The first-order chi connectivity index (χ1) is 8.75. The van der Waals surface area contributed by atoms with Gasteiger partial charge in [0.15, 0.2) is 0 Å². The molecule has 0 bridgehead atoms. The maximum atomic E-state index is 6.08. The highest BCUT2D eigenvalue weighted by Crippen LogP contribution is 2.37. The normalized spacial score (nSPS) is 33.1. The molecule has 0 amide bonds. The standard InChI is InChI=1S/C16H24N2/c1-12-11-14(17)9-10-18(12)16-8-4-6-13-5-2-3-7-15(13)16/h2-3,5,7,12,14,16H,4,6,8-11,17H2,1H3. The summed E-state index contributed by atoms with van der Waals surface area (Å²) in [5.74, 6) is 0. The van der Waals surface area contributed by atoms with Gasteiger partial charge in [0, 0.05) is 24.7 Å². The first-order valence-corrected chi connectivity index (χ1v) is 7.35. The van der Waals surface area contributed by atoms with Crippen molar-refractivity contribution in [1.29, 1.82) is 0 Å². The zero-order chi connectivity index (χ0) is 12.5. The molecule has 2 nitrogen and oxygen atoms in total. The van der Waals surface area contributed by atoms with E-state index in [1.807, 2.05) is 0 Å².